The Morgan fingerprint density at radius 1 is 1.56 bits per heavy atom. The van der Waals surface area contributed by atoms with Crippen LogP contribution in [0.15, 0.2) is 12.1 Å². The maximum atomic E-state index is 12.3. The predicted molar refractivity (Wildman–Crippen MR) is 66.3 cm³/mol. The molecule has 1 amide bonds. The lowest BCUT2D eigenvalue weighted by molar-refractivity contribution is -0.116. The summed E-state index contributed by atoms with van der Waals surface area (Å²) >= 11 is 6.02. The number of halogens is 3. The van der Waals surface area contributed by atoms with E-state index >= 15 is 0 Å². The number of alkyl halides is 2. The average Bonchev–Trinajstić information content (AvgIpc) is 2.53. The quantitative estimate of drug-likeness (QED) is 0.887. The number of nitrogens with one attached hydrogen (secondary N) is 1. The van der Waals surface area contributed by atoms with Crippen LogP contribution >= 0.6 is 11.6 Å². The molecule has 0 aromatic heterocycles. The Hall–Kier alpha value is -1.40. The third kappa shape index (κ3) is 2.26. The van der Waals surface area contributed by atoms with Crippen molar-refractivity contribution in [2.75, 3.05) is 23.8 Å². The lowest BCUT2D eigenvalue weighted by atomic mass is 10.1. The van der Waals surface area contributed by atoms with E-state index in [1.807, 2.05) is 0 Å². The first-order valence-electron chi connectivity index (χ1n) is 5.29. The molecule has 0 aliphatic carbocycles. The number of carbonyl (C=O) groups is 1. The van der Waals surface area contributed by atoms with E-state index in [4.69, 9.17) is 17.3 Å². The highest BCUT2D eigenvalue weighted by Crippen LogP contribution is 2.37. The molecule has 1 unspecified atom stereocenters. The summed E-state index contributed by atoms with van der Waals surface area (Å²) in [4.78, 5) is 12.7. The Kier molecular flexibility index (Phi) is 3.41. The van der Waals surface area contributed by atoms with Crippen molar-refractivity contribution in [3.63, 3.8) is 0 Å². The summed E-state index contributed by atoms with van der Waals surface area (Å²) in [6.45, 7) is -0.432. The fraction of sp³-hybridized carbons (Fsp3) is 0.364. The number of rotatable bonds is 3. The zero-order valence-electron chi connectivity index (χ0n) is 9.58. The van der Waals surface area contributed by atoms with Crippen LogP contribution in [0, 0.1) is 0 Å². The summed E-state index contributed by atoms with van der Waals surface area (Å²) in [7, 11) is 1.51. The molecule has 18 heavy (non-hydrogen) atoms. The van der Waals surface area contributed by atoms with Crippen molar-refractivity contribution in [2.24, 2.45) is 5.73 Å². The third-order valence-electron chi connectivity index (χ3n) is 2.82. The maximum absolute atomic E-state index is 12.3. The van der Waals surface area contributed by atoms with Crippen molar-refractivity contribution < 1.29 is 13.6 Å². The molecule has 1 aromatic rings. The van der Waals surface area contributed by atoms with Gasteiger partial charge in [0.05, 0.1) is 17.3 Å². The summed E-state index contributed by atoms with van der Waals surface area (Å²) in [5.74, 6) is -0.324. The predicted octanol–water partition coefficient (Wildman–Crippen LogP) is 1.99. The number of nitrogens with two attached hydrogens (primary N) is 1. The smallest absolute Gasteiger partial charge is 0.255 e. The second-order valence-corrected chi connectivity index (χ2v) is 4.54. The number of hydrogen-bond donors (Lipinski definition) is 2. The van der Waals surface area contributed by atoms with Gasteiger partial charge in [-0.05, 0) is 12.1 Å². The van der Waals surface area contributed by atoms with Crippen LogP contribution in [0.2, 0.25) is 5.02 Å². The molecular formula is C11H12ClF2N3O. The topological polar surface area (TPSA) is 58.4 Å². The Morgan fingerprint density at radius 2 is 2.22 bits per heavy atom. The van der Waals surface area contributed by atoms with Crippen LogP contribution in [-0.4, -0.2) is 25.9 Å². The lowest BCUT2D eigenvalue weighted by Crippen LogP contribution is -2.24. The van der Waals surface area contributed by atoms with Crippen molar-refractivity contribution >= 4 is 28.9 Å². The van der Waals surface area contributed by atoms with Crippen LogP contribution in [0.3, 0.4) is 0 Å². The number of anilines is 2. The molecule has 0 saturated carbocycles. The van der Waals surface area contributed by atoms with Gasteiger partial charge in [-0.25, -0.2) is 8.78 Å². The molecule has 1 atom stereocenters. The zero-order valence-corrected chi connectivity index (χ0v) is 10.3. The van der Waals surface area contributed by atoms with Crippen LogP contribution in [-0.2, 0) is 4.79 Å². The van der Waals surface area contributed by atoms with Crippen molar-refractivity contribution in [3.8, 4) is 0 Å². The van der Waals surface area contributed by atoms with Crippen molar-refractivity contribution in [2.45, 2.75) is 12.5 Å². The van der Waals surface area contributed by atoms with Crippen LogP contribution in [0.4, 0.5) is 20.2 Å². The van der Waals surface area contributed by atoms with Crippen LogP contribution < -0.4 is 16.0 Å². The first-order valence-corrected chi connectivity index (χ1v) is 5.67. The van der Waals surface area contributed by atoms with Gasteiger partial charge in [0.1, 0.15) is 6.04 Å². The van der Waals surface area contributed by atoms with Gasteiger partial charge in [0.2, 0.25) is 5.91 Å². The van der Waals surface area contributed by atoms with Gasteiger partial charge in [0.15, 0.2) is 0 Å². The molecule has 0 saturated heterocycles. The van der Waals surface area contributed by atoms with E-state index < -0.39 is 19.0 Å². The first kappa shape index (κ1) is 13.0. The number of hydrogen-bond acceptors (Lipinski definition) is 3. The zero-order chi connectivity index (χ0) is 13.4. The van der Waals surface area contributed by atoms with Crippen LogP contribution in [0.25, 0.3) is 0 Å². The second-order valence-electron chi connectivity index (χ2n) is 4.13. The van der Waals surface area contributed by atoms with Gasteiger partial charge < -0.3 is 16.0 Å². The van der Waals surface area contributed by atoms with Gasteiger partial charge in [-0.2, -0.15) is 0 Å². The fourth-order valence-corrected chi connectivity index (χ4v) is 2.21. The normalized spacial score (nSPS) is 17.9. The molecule has 98 valence electrons. The van der Waals surface area contributed by atoms with Gasteiger partial charge >= 0.3 is 0 Å². The summed E-state index contributed by atoms with van der Waals surface area (Å²) in [5.41, 5.74) is 7.20. The summed E-state index contributed by atoms with van der Waals surface area (Å²) in [6.07, 6.45) is -2.46. The molecule has 0 bridgehead atoms. The molecule has 0 spiro atoms. The van der Waals surface area contributed by atoms with Gasteiger partial charge in [-0.15, -0.1) is 0 Å². The minimum absolute atomic E-state index is 0.295. The Bertz CT molecular complexity index is 495. The second kappa shape index (κ2) is 4.70. The van der Waals surface area contributed by atoms with E-state index in [-0.39, 0.29) is 5.91 Å². The van der Waals surface area contributed by atoms with Gasteiger partial charge in [-0.1, -0.05) is 11.6 Å². The van der Waals surface area contributed by atoms with Crippen molar-refractivity contribution in [1.29, 1.82) is 0 Å². The minimum Gasteiger partial charge on any atom is -0.368 e. The molecular weight excluding hydrogens is 264 g/mol. The number of carbonyl (C=O) groups excluding carboxylic acids is 1. The molecule has 4 nitrogen and oxygen atoms in total. The first-order chi connectivity index (χ1) is 8.40. The van der Waals surface area contributed by atoms with Crippen LogP contribution in [0.1, 0.15) is 11.6 Å². The molecule has 1 aromatic carbocycles. The molecule has 1 aliphatic rings. The largest absolute Gasteiger partial charge is 0.368 e. The Labute approximate surface area is 108 Å². The monoisotopic (exact) mass is 275 g/mol. The van der Waals surface area contributed by atoms with E-state index in [1.165, 1.54) is 18.0 Å². The number of nitrogens with zero attached hydrogens (tertiary/aromatic N) is 1. The van der Waals surface area contributed by atoms with Crippen LogP contribution in [0.5, 0.6) is 0 Å². The molecule has 0 radical (unpaired) electrons. The lowest BCUT2D eigenvalue weighted by Gasteiger charge is -2.21. The fourth-order valence-electron chi connectivity index (χ4n) is 1.89. The van der Waals surface area contributed by atoms with E-state index in [0.717, 1.165) is 0 Å². The highest BCUT2D eigenvalue weighted by atomic mass is 35.5. The summed E-state index contributed by atoms with van der Waals surface area (Å²) in [6, 6.07) is 2.34. The maximum Gasteiger partial charge on any atom is 0.255 e. The van der Waals surface area contributed by atoms with Gasteiger partial charge in [0, 0.05) is 18.3 Å². The standard InChI is InChI=1S/C11H12ClF2N3O/c1-17(4-9(13)14)8-3-7-5(2-6(8)12)10(15)11(18)16-7/h2-3,9-10H,4,15H2,1H3,(H,16,18). The van der Waals surface area contributed by atoms with E-state index in [1.54, 1.807) is 6.07 Å². The average molecular weight is 276 g/mol. The molecule has 3 N–H and O–H groups in total. The minimum atomic E-state index is -2.46. The van der Waals surface area contributed by atoms with E-state index in [9.17, 15) is 13.6 Å². The van der Waals surface area contributed by atoms with E-state index in [0.29, 0.717) is 22.0 Å². The van der Waals surface area contributed by atoms with Gasteiger partial charge in [0.25, 0.3) is 6.43 Å². The molecule has 0 fully saturated rings. The van der Waals surface area contributed by atoms with Crippen molar-refractivity contribution in [3.05, 3.63) is 22.7 Å². The molecule has 1 heterocycles. The number of fused-ring (bicyclic) bond motifs is 1. The Balaban J connectivity index is 2.35. The third-order valence-corrected chi connectivity index (χ3v) is 3.12. The number of amides is 1. The molecule has 2 rings (SSSR count). The van der Waals surface area contributed by atoms with Gasteiger partial charge in [-0.3, -0.25) is 4.79 Å². The summed E-state index contributed by atoms with van der Waals surface area (Å²) in [5, 5.41) is 2.88. The highest BCUT2D eigenvalue weighted by Gasteiger charge is 2.28. The Morgan fingerprint density at radius 3 is 2.83 bits per heavy atom. The van der Waals surface area contributed by atoms with Crippen molar-refractivity contribution in [1.82, 2.24) is 0 Å². The molecule has 7 heteroatoms. The van der Waals surface area contributed by atoms with E-state index in [2.05, 4.69) is 5.32 Å². The molecule has 1 aliphatic heterocycles. The summed E-state index contributed by atoms with van der Waals surface area (Å²) < 4.78 is 24.7. The number of benzene rings is 1. The SMILES string of the molecule is CN(CC(F)F)c1cc2c(cc1Cl)C(N)C(=O)N2. The highest BCUT2D eigenvalue weighted by molar-refractivity contribution is 6.33.